The molecule has 3 aromatic heterocycles. The number of likely N-dealkylation sites (tertiary alicyclic amines) is 3. The van der Waals surface area contributed by atoms with Gasteiger partial charge in [0.05, 0.1) is 90.7 Å². The van der Waals surface area contributed by atoms with Gasteiger partial charge in [-0.05, 0) is 115 Å². The Morgan fingerprint density at radius 3 is 0.934 bits per heavy atom. The van der Waals surface area contributed by atoms with Crippen molar-refractivity contribution >= 4 is 86.6 Å². The first-order valence-electron chi connectivity index (χ1n) is 44.6. The summed E-state index contributed by atoms with van der Waals surface area (Å²) in [7, 11) is 0. The molecule has 0 spiro atoms. The molecule has 3 aromatic carbocycles. The zero-order valence-corrected chi connectivity index (χ0v) is 77.6. The molecular formula is C97H144N8O13S3. The Morgan fingerprint density at radius 2 is 0.686 bits per heavy atom. The summed E-state index contributed by atoms with van der Waals surface area (Å²) in [5.41, 5.74) is 25.5. The number of carbonyl (C=O) groups is 9. The summed E-state index contributed by atoms with van der Waals surface area (Å²) in [4.78, 5) is 137. The van der Waals surface area contributed by atoms with Gasteiger partial charge in [-0.3, -0.25) is 43.2 Å². The highest BCUT2D eigenvalue weighted by atomic mass is 32.1. The zero-order chi connectivity index (χ0) is 89.2. The largest absolute Gasteiger partial charge is 0.481 e. The number of rotatable bonds is 43. The van der Waals surface area contributed by atoms with Gasteiger partial charge in [0.25, 0.3) is 0 Å². The first kappa shape index (κ1) is 102. The van der Waals surface area contributed by atoms with Crippen LogP contribution in [0.4, 0.5) is 0 Å². The highest BCUT2D eigenvalue weighted by Crippen LogP contribution is 2.38. The third-order valence-corrected chi connectivity index (χ3v) is 26.6. The SMILES string of the molecule is CCC(=O)O.CCCCCCCCCCCC(=O)C[C@H](C(=O)N1C[C@H](O)C[C@H]1C(=O)CCc1ccc(-c2scnc2C)cc1)C(C)(C)C.Cc1ncsc1-c1ccc(CCC(=O)[C@@H]2C[C@@H](O)CN2C(=O)[C@@H](CC(=O)CCCCCCCCCCN)C(C)(C)C)cc1.Cc1ncsc1-c1ccc(CCC(=O)[C@@H]2C[C@@H](O)CN2C(=O)[C@@H](N)C(C)(C)C)cc1. The fraction of sp³-hybridized carbons (Fsp3) is 0.629. The van der Waals surface area contributed by atoms with Gasteiger partial charge in [0.2, 0.25) is 17.7 Å². The minimum atomic E-state index is -0.745. The van der Waals surface area contributed by atoms with E-state index in [-0.39, 0.29) is 105 Å². The van der Waals surface area contributed by atoms with Crippen LogP contribution in [0.1, 0.15) is 290 Å². The molecule has 3 aliphatic heterocycles. The van der Waals surface area contributed by atoms with Crippen molar-refractivity contribution < 1.29 is 63.6 Å². The fourth-order valence-corrected chi connectivity index (χ4v) is 18.3. The van der Waals surface area contributed by atoms with Crippen molar-refractivity contribution in [3.63, 3.8) is 0 Å². The quantitative estimate of drug-likeness (QED) is 0.0194. The van der Waals surface area contributed by atoms with Crippen LogP contribution in [0.5, 0.6) is 0 Å². The molecule has 9 rings (SSSR count). The van der Waals surface area contributed by atoms with Crippen LogP contribution in [-0.4, -0.2) is 171 Å². The second kappa shape index (κ2) is 51.1. The predicted molar refractivity (Wildman–Crippen MR) is 488 cm³/mol. The summed E-state index contributed by atoms with van der Waals surface area (Å²) in [6.07, 6.45) is 22.6. The van der Waals surface area contributed by atoms with Crippen molar-refractivity contribution in [3.8, 4) is 31.3 Å². The monoisotopic (exact) mass is 1730 g/mol. The molecule has 24 heteroatoms. The van der Waals surface area contributed by atoms with E-state index < -0.39 is 76.5 Å². The number of amides is 3. The van der Waals surface area contributed by atoms with Gasteiger partial charge in [-0.1, -0.05) is 239 Å². The number of carboxylic acids is 1. The number of hydrogen-bond donors (Lipinski definition) is 6. The van der Waals surface area contributed by atoms with Crippen molar-refractivity contribution in [2.75, 3.05) is 26.2 Å². The van der Waals surface area contributed by atoms with Crippen LogP contribution < -0.4 is 11.5 Å². The number of aryl methyl sites for hydroxylation is 6. The zero-order valence-electron chi connectivity index (χ0n) is 75.1. The van der Waals surface area contributed by atoms with Gasteiger partial charge in [0.1, 0.15) is 11.6 Å². The molecule has 3 amide bonds. The third-order valence-electron chi connectivity index (χ3n) is 23.7. The second-order valence-electron chi connectivity index (χ2n) is 36.8. The summed E-state index contributed by atoms with van der Waals surface area (Å²) >= 11 is 4.84. The van der Waals surface area contributed by atoms with Crippen LogP contribution >= 0.6 is 34.0 Å². The number of aliphatic hydroxyl groups is 3. The number of Topliss-reactive ketones (excluding diaryl/α,β-unsaturated/α-hetero) is 5. The van der Waals surface area contributed by atoms with Crippen LogP contribution in [-0.2, 0) is 62.4 Å². The minimum Gasteiger partial charge on any atom is -0.481 e. The van der Waals surface area contributed by atoms with E-state index in [4.69, 9.17) is 16.6 Å². The topological polar surface area (TPSA) is 335 Å². The van der Waals surface area contributed by atoms with Gasteiger partial charge in [0, 0.05) is 102 Å². The maximum atomic E-state index is 13.9. The van der Waals surface area contributed by atoms with E-state index in [0.29, 0.717) is 51.4 Å². The molecule has 0 bridgehead atoms. The first-order chi connectivity index (χ1) is 57.4. The van der Waals surface area contributed by atoms with Crippen molar-refractivity contribution in [2.24, 2.45) is 39.5 Å². The number of aliphatic hydroxyl groups excluding tert-OH is 3. The molecule has 6 heterocycles. The van der Waals surface area contributed by atoms with Gasteiger partial charge >= 0.3 is 5.97 Å². The van der Waals surface area contributed by atoms with Crippen molar-refractivity contribution in [1.82, 2.24) is 29.7 Å². The molecule has 9 atom stereocenters. The Bertz CT molecular complexity index is 4010. The number of hydrogen-bond acceptors (Lipinski definition) is 20. The molecule has 0 aliphatic carbocycles. The van der Waals surface area contributed by atoms with Crippen molar-refractivity contribution in [2.45, 2.75) is 338 Å². The third kappa shape index (κ3) is 33.9. The molecule has 121 heavy (non-hydrogen) atoms. The molecule has 8 N–H and O–H groups in total. The van der Waals surface area contributed by atoms with Crippen LogP contribution in [0.15, 0.2) is 89.3 Å². The maximum absolute atomic E-state index is 13.9. The Balaban J connectivity index is 0.000000277. The molecule has 6 aromatic rings. The number of aliphatic carboxylic acids is 1. The molecule has 0 radical (unpaired) electrons. The Morgan fingerprint density at radius 1 is 0.413 bits per heavy atom. The molecule has 668 valence electrons. The number of β-amino-alcohol motifs (C(OH)–C–C–N with tert-alkyl or cyclic N) is 3. The van der Waals surface area contributed by atoms with Crippen LogP contribution in [0, 0.1) is 48.9 Å². The lowest BCUT2D eigenvalue weighted by Gasteiger charge is -2.34. The Kier molecular flexibility index (Phi) is 43.3. The Labute approximate surface area is 733 Å². The van der Waals surface area contributed by atoms with E-state index in [0.717, 1.165) is 117 Å². The lowest BCUT2D eigenvalue weighted by Crippen LogP contribution is -2.53. The summed E-state index contributed by atoms with van der Waals surface area (Å²) in [6, 6.07) is 22.0. The lowest BCUT2D eigenvalue weighted by molar-refractivity contribution is -0.146. The molecule has 0 unspecified atom stereocenters. The minimum absolute atomic E-state index is 0.0246. The average Bonchev–Trinajstić information content (AvgIpc) is 1.70. The van der Waals surface area contributed by atoms with Gasteiger partial charge in [-0.25, -0.2) is 15.0 Å². The summed E-state index contributed by atoms with van der Waals surface area (Å²) in [5.74, 6) is -2.26. The number of unbranched alkanes of at least 4 members (excludes halogenated alkanes) is 15. The number of nitrogens with two attached hydrogens (primary N) is 2. The summed E-state index contributed by atoms with van der Waals surface area (Å²) < 4.78 is 0. The highest BCUT2D eigenvalue weighted by molar-refractivity contribution is 7.14. The molecular weight excluding hydrogens is 1580 g/mol. The van der Waals surface area contributed by atoms with Gasteiger partial charge in [0.15, 0.2) is 17.3 Å². The van der Waals surface area contributed by atoms with Crippen LogP contribution in [0.3, 0.4) is 0 Å². The number of benzene rings is 3. The molecule has 3 saturated heterocycles. The Hall–Kier alpha value is -7.42. The summed E-state index contributed by atoms with van der Waals surface area (Å²) in [5, 5.41) is 38.8. The van der Waals surface area contributed by atoms with Gasteiger partial charge in [-0.15, -0.1) is 34.0 Å². The van der Waals surface area contributed by atoms with E-state index >= 15 is 0 Å². The molecule has 21 nitrogen and oxygen atoms in total. The normalized spacial score (nSPS) is 18.0. The molecule has 3 fully saturated rings. The summed E-state index contributed by atoms with van der Waals surface area (Å²) in [6.45, 7) is 28.6. The number of nitrogens with zero attached hydrogens (tertiary/aromatic N) is 6. The van der Waals surface area contributed by atoms with E-state index in [1.807, 2.05) is 136 Å². The van der Waals surface area contributed by atoms with E-state index in [9.17, 15) is 58.5 Å². The van der Waals surface area contributed by atoms with Crippen molar-refractivity contribution in [1.29, 1.82) is 0 Å². The lowest BCUT2D eigenvalue weighted by atomic mass is 9.76. The average molecular weight is 1730 g/mol. The predicted octanol–water partition coefficient (Wildman–Crippen LogP) is 18.2. The molecule has 3 aliphatic rings. The highest BCUT2D eigenvalue weighted by Gasteiger charge is 2.47. The maximum Gasteiger partial charge on any atom is 0.303 e. The number of carboxylic acid groups (broad SMARTS) is 1. The van der Waals surface area contributed by atoms with E-state index in [1.54, 1.807) is 50.7 Å². The number of thiazole rings is 3. The van der Waals surface area contributed by atoms with Gasteiger partial charge in [-0.2, -0.15) is 0 Å². The smallest absolute Gasteiger partial charge is 0.303 e. The standard InChI is InChI=1S/C36H54N2O4S.C35H53N3O4S.C23H31N3O3S.C3H6O2/c1-6-7-8-9-10-11-12-13-14-15-29(39)22-31(36(3,4)5)35(42)38-24-30(40)23-32(38)33(41)21-18-27-16-19-28(20-17-27)34-26(2)37-25-43-34;1-25-33(43-24-37-25)27-17-14-26(15-18-27)16-19-32(41)31-22-29(40)23-38(31)34(42)30(35(2,3)4)21-28(39)13-11-9-7-5-6-8-10-12-20-36;1-14-20(30-13-25-14)16-8-5-15(6-9-16)7-10-19(28)18-11-17(27)12-26(18)22(29)21(24)23(2,3)4;1-2-3(4)5/h16-17,19-20,25,30-32,40H,6-15,18,21-24H2,1-5H3;14-15,17-18,24,29-31,40H,5-13,16,19-23,36H2,1-4H3;5-6,8-9,13,17-18,21,27H,7,10-12,24H2,1-4H3;2H2,1H3,(H,4,5)/t30-,31-,32+;29-,30-,31+;17-,18+,21-;/m111./s1. The van der Waals surface area contributed by atoms with Gasteiger partial charge < -0.3 is 46.6 Å². The molecule has 0 saturated carbocycles. The number of carbonyl (C=O) groups excluding carboxylic acids is 8. The van der Waals surface area contributed by atoms with Crippen LogP contribution in [0.25, 0.3) is 31.3 Å². The number of aromatic nitrogens is 3. The fourth-order valence-electron chi connectivity index (χ4n) is 15.9. The first-order valence-corrected chi connectivity index (χ1v) is 47.2. The number of ketones is 5. The second-order valence-corrected chi connectivity index (χ2v) is 39.4. The van der Waals surface area contributed by atoms with E-state index in [1.165, 1.54) is 69.1 Å². The van der Waals surface area contributed by atoms with Crippen molar-refractivity contribution in [3.05, 3.63) is 123 Å². The van der Waals surface area contributed by atoms with E-state index in [2.05, 4.69) is 58.3 Å². The van der Waals surface area contributed by atoms with Crippen LogP contribution in [0.2, 0.25) is 0 Å².